The maximum Gasteiger partial charge on any atom is 0.472 e. The fourth-order valence-electron chi connectivity index (χ4n) is 4.38. The van der Waals surface area contributed by atoms with E-state index < -0.39 is 20.0 Å². The summed E-state index contributed by atoms with van der Waals surface area (Å²) < 4.78 is 28.8. The summed E-state index contributed by atoms with van der Waals surface area (Å²) in [5.74, 6) is 0. The highest BCUT2D eigenvalue weighted by Crippen LogP contribution is 2.45. The first-order valence-electron chi connectivity index (χ1n) is 15.8. The Morgan fingerprint density at radius 2 is 1.18 bits per heavy atom. The van der Waals surface area contributed by atoms with E-state index in [2.05, 4.69) is 6.92 Å². The Bertz CT molecular complexity index is 627. The number of nitrogens with zero attached hydrogens (tertiary/aromatic N) is 2. The lowest BCUT2D eigenvalue weighted by Gasteiger charge is -2.25. The number of hydrogen-bond donors (Lipinski definition) is 1. The SMILES string of the molecule is CCCCCCCCCCCCCCCCCCCCC(COC(=O)N(C)C)OP(=O)(O)OCC[N+](C)(C)C. The Morgan fingerprint density at radius 3 is 1.56 bits per heavy atom. The highest BCUT2D eigenvalue weighted by Gasteiger charge is 2.28. The summed E-state index contributed by atoms with van der Waals surface area (Å²) in [7, 11) is 4.91. The quantitative estimate of drug-likeness (QED) is 0.0598. The van der Waals surface area contributed by atoms with Gasteiger partial charge in [-0.1, -0.05) is 122 Å². The van der Waals surface area contributed by atoms with E-state index in [1.165, 1.54) is 101 Å². The molecule has 0 aliphatic rings. The molecule has 234 valence electrons. The fraction of sp³-hybridized carbons (Fsp3) is 0.967. The van der Waals surface area contributed by atoms with Gasteiger partial charge in [0.1, 0.15) is 25.9 Å². The second kappa shape index (κ2) is 24.0. The molecule has 0 saturated heterocycles. The van der Waals surface area contributed by atoms with Crippen molar-refractivity contribution in [3.8, 4) is 0 Å². The maximum absolute atomic E-state index is 12.4. The van der Waals surface area contributed by atoms with Crippen LogP contribution in [0.1, 0.15) is 129 Å². The van der Waals surface area contributed by atoms with Crippen molar-refractivity contribution in [2.24, 2.45) is 0 Å². The van der Waals surface area contributed by atoms with Gasteiger partial charge in [-0.3, -0.25) is 9.05 Å². The fourth-order valence-corrected chi connectivity index (χ4v) is 5.30. The van der Waals surface area contributed by atoms with E-state index in [0.717, 1.165) is 19.3 Å². The summed E-state index contributed by atoms with van der Waals surface area (Å²) in [6.45, 7) is 2.89. The summed E-state index contributed by atoms with van der Waals surface area (Å²) in [6.07, 6.45) is 22.9. The Hall–Kier alpha value is -0.660. The van der Waals surface area contributed by atoms with Crippen molar-refractivity contribution in [1.29, 1.82) is 0 Å². The number of phosphoric ester groups is 1. The molecule has 2 atom stereocenters. The van der Waals surface area contributed by atoms with E-state index in [-0.39, 0.29) is 13.2 Å². The topological polar surface area (TPSA) is 85.3 Å². The average Bonchev–Trinajstić information content (AvgIpc) is 2.84. The van der Waals surface area contributed by atoms with Gasteiger partial charge < -0.3 is 19.0 Å². The van der Waals surface area contributed by atoms with Gasteiger partial charge in [-0.25, -0.2) is 9.36 Å². The molecule has 9 heteroatoms. The molecular weight excluding hydrogens is 515 g/mol. The lowest BCUT2D eigenvalue weighted by molar-refractivity contribution is -0.870. The van der Waals surface area contributed by atoms with Crippen LogP contribution in [0.3, 0.4) is 0 Å². The first-order valence-corrected chi connectivity index (χ1v) is 17.3. The normalized spacial score (nSPS) is 14.2. The number of amides is 1. The van der Waals surface area contributed by atoms with Crippen LogP contribution in [0.25, 0.3) is 0 Å². The molecule has 1 N–H and O–H groups in total. The lowest BCUT2D eigenvalue weighted by Crippen LogP contribution is -2.37. The van der Waals surface area contributed by atoms with Crippen molar-refractivity contribution in [3.05, 3.63) is 0 Å². The van der Waals surface area contributed by atoms with Gasteiger partial charge in [0, 0.05) is 14.1 Å². The summed E-state index contributed by atoms with van der Waals surface area (Å²) in [5.41, 5.74) is 0. The van der Waals surface area contributed by atoms with Crippen LogP contribution in [0.2, 0.25) is 0 Å². The molecule has 0 rings (SSSR count). The van der Waals surface area contributed by atoms with Gasteiger partial charge in [0.2, 0.25) is 0 Å². The van der Waals surface area contributed by atoms with Gasteiger partial charge in [0.25, 0.3) is 0 Å². The van der Waals surface area contributed by atoms with Crippen LogP contribution in [-0.2, 0) is 18.3 Å². The molecule has 39 heavy (non-hydrogen) atoms. The number of likely N-dealkylation sites (N-methyl/N-ethyl adjacent to an activating group) is 1. The minimum absolute atomic E-state index is 0.0702. The number of quaternary nitrogens is 1. The van der Waals surface area contributed by atoms with Crippen LogP contribution in [0.15, 0.2) is 0 Å². The Kier molecular flexibility index (Phi) is 23.6. The summed E-state index contributed by atoms with van der Waals surface area (Å²) >= 11 is 0. The third-order valence-electron chi connectivity index (χ3n) is 6.94. The number of carbonyl (C=O) groups is 1. The predicted molar refractivity (Wildman–Crippen MR) is 162 cm³/mol. The number of phosphoric acid groups is 1. The lowest BCUT2D eigenvalue weighted by atomic mass is 10.0. The van der Waals surface area contributed by atoms with Crippen LogP contribution in [0.4, 0.5) is 4.79 Å². The molecule has 0 heterocycles. The van der Waals surface area contributed by atoms with Crippen LogP contribution in [0, 0.1) is 0 Å². The van der Waals surface area contributed by atoms with E-state index in [9.17, 15) is 14.3 Å². The molecule has 0 radical (unpaired) electrons. The first-order chi connectivity index (χ1) is 18.5. The van der Waals surface area contributed by atoms with E-state index >= 15 is 0 Å². The molecule has 0 aromatic carbocycles. The summed E-state index contributed by atoms with van der Waals surface area (Å²) in [4.78, 5) is 23.3. The molecule has 0 bridgehead atoms. The van der Waals surface area contributed by atoms with Crippen molar-refractivity contribution >= 4 is 13.9 Å². The largest absolute Gasteiger partial charge is 0.472 e. The molecule has 2 unspecified atom stereocenters. The van der Waals surface area contributed by atoms with E-state index in [1.807, 2.05) is 21.1 Å². The zero-order chi connectivity index (χ0) is 29.4. The first kappa shape index (κ1) is 38.3. The van der Waals surface area contributed by atoms with Gasteiger partial charge in [-0.15, -0.1) is 0 Å². The smallest absolute Gasteiger partial charge is 0.447 e. The van der Waals surface area contributed by atoms with Crippen LogP contribution in [0.5, 0.6) is 0 Å². The maximum atomic E-state index is 12.4. The van der Waals surface area contributed by atoms with E-state index in [1.54, 1.807) is 14.1 Å². The Morgan fingerprint density at radius 1 is 0.769 bits per heavy atom. The van der Waals surface area contributed by atoms with Crippen LogP contribution >= 0.6 is 7.82 Å². The molecule has 0 spiro atoms. The van der Waals surface area contributed by atoms with Crippen LogP contribution < -0.4 is 0 Å². The van der Waals surface area contributed by atoms with Gasteiger partial charge in [0.15, 0.2) is 0 Å². The number of carbonyl (C=O) groups excluding carboxylic acids is 1. The number of unbranched alkanes of at least 4 members (excludes halogenated alkanes) is 17. The molecule has 0 aromatic heterocycles. The molecule has 0 saturated carbocycles. The zero-order valence-corrected chi connectivity index (χ0v) is 27.4. The standard InChI is InChI=1S/C30H63N2O6P/c1-7-8-9-10-11-12-13-14-15-16-17-18-19-20-21-22-23-24-25-29(28-36-30(33)31(2)3)38-39(34,35)37-27-26-32(4,5)6/h29H,7-28H2,1-6H3/p+1. The second-order valence-electron chi connectivity index (χ2n) is 12.3. The van der Waals surface area contributed by atoms with Gasteiger partial charge in [-0.05, 0) is 6.42 Å². The molecule has 0 fully saturated rings. The predicted octanol–water partition coefficient (Wildman–Crippen LogP) is 8.32. The second-order valence-corrected chi connectivity index (χ2v) is 13.7. The van der Waals surface area contributed by atoms with Gasteiger partial charge in [0.05, 0.1) is 21.1 Å². The van der Waals surface area contributed by atoms with Crippen molar-refractivity contribution in [2.75, 3.05) is 55.0 Å². The number of hydrogen-bond acceptors (Lipinski definition) is 5. The number of ether oxygens (including phenoxy) is 1. The molecule has 0 aromatic rings. The Balaban J connectivity index is 3.96. The van der Waals surface area contributed by atoms with Crippen molar-refractivity contribution in [2.45, 2.75) is 135 Å². The van der Waals surface area contributed by atoms with Crippen molar-refractivity contribution < 1.29 is 32.5 Å². The molecule has 0 aliphatic heterocycles. The average molecular weight is 580 g/mol. The molecular formula is C30H64N2O6P+. The molecule has 8 nitrogen and oxygen atoms in total. The zero-order valence-electron chi connectivity index (χ0n) is 26.5. The minimum Gasteiger partial charge on any atom is -0.447 e. The minimum atomic E-state index is -4.23. The van der Waals surface area contributed by atoms with E-state index in [0.29, 0.717) is 17.4 Å². The van der Waals surface area contributed by atoms with Crippen LogP contribution in [-0.4, -0.2) is 81.5 Å². The Labute approximate surface area is 241 Å². The number of rotatable bonds is 27. The molecule has 0 aliphatic carbocycles. The summed E-state index contributed by atoms with van der Waals surface area (Å²) in [5, 5.41) is 0. The third-order valence-corrected chi connectivity index (χ3v) is 8.01. The van der Waals surface area contributed by atoms with Gasteiger partial charge in [-0.2, -0.15) is 0 Å². The van der Waals surface area contributed by atoms with E-state index in [4.69, 9.17) is 13.8 Å². The third kappa shape index (κ3) is 27.3. The monoisotopic (exact) mass is 579 g/mol. The highest BCUT2D eigenvalue weighted by atomic mass is 31.2. The summed E-state index contributed by atoms with van der Waals surface area (Å²) in [6, 6.07) is 0. The molecule has 1 amide bonds. The highest BCUT2D eigenvalue weighted by molar-refractivity contribution is 7.47. The van der Waals surface area contributed by atoms with Crippen molar-refractivity contribution in [1.82, 2.24) is 4.90 Å². The van der Waals surface area contributed by atoms with Crippen molar-refractivity contribution in [3.63, 3.8) is 0 Å². The van der Waals surface area contributed by atoms with Gasteiger partial charge >= 0.3 is 13.9 Å².